The van der Waals surface area contributed by atoms with E-state index in [4.69, 9.17) is 24.9 Å². The van der Waals surface area contributed by atoms with Gasteiger partial charge in [0.15, 0.2) is 0 Å². The van der Waals surface area contributed by atoms with E-state index in [0.29, 0.717) is 18.4 Å². The number of fused-ring (bicyclic) bond motifs is 1. The number of anilines is 4. The van der Waals surface area contributed by atoms with Gasteiger partial charge in [-0.2, -0.15) is 4.98 Å². The molecule has 3 aromatic carbocycles. The molecule has 2 aliphatic rings. The predicted octanol–water partition coefficient (Wildman–Crippen LogP) is 4.17. The molecule has 0 atom stereocenters. The van der Waals surface area contributed by atoms with Crippen LogP contribution in [0.1, 0.15) is 0 Å². The van der Waals surface area contributed by atoms with Crippen LogP contribution in [0.5, 0.6) is 5.75 Å². The number of nitrogens with zero attached hydrogens (tertiary/aromatic N) is 4. The number of hydrogen-bond donors (Lipinski definition) is 2. The lowest BCUT2D eigenvalue weighted by molar-refractivity contribution is 0.0322. The Hall–Kier alpha value is -3.92. The number of para-hydroxylation sites is 1. The van der Waals surface area contributed by atoms with Crippen molar-refractivity contribution in [2.75, 3.05) is 81.7 Å². The Labute approximate surface area is 228 Å². The fourth-order valence-corrected chi connectivity index (χ4v) is 5.02. The molecule has 0 aliphatic carbocycles. The van der Waals surface area contributed by atoms with E-state index >= 15 is 0 Å². The third-order valence-corrected chi connectivity index (χ3v) is 7.20. The first-order valence-electron chi connectivity index (χ1n) is 13.5. The molecule has 2 fully saturated rings. The number of ether oxygens (including phenoxy) is 3. The van der Waals surface area contributed by atoms with Crippen molar-refractivity contribution in [3.8, 4) is 16.9 Å². The molecular formula is C30H34N6O3. The molecule has 0 unspecified atom stereocenters. The number of rotatable bonds is 8. The van der Waals surface area contributed by atoms with E-state index in [-0.39, 0.29) is 0 Å². The second-order valence-electron chi connectivity index (χ2n) is 9.73. The van der Waals surface area contributed by atoms with Gasteiger partial charge in [0.25, 0.3) is 0 Å². The fourth-order valence-electron chi connectivity index (χ4n) is 5.02. The minimum atomic E-state index is 0.442. The zero-order valence-corrected chi connectivity index (χ0v) is 22.0. The molecule has 1 aromatic heterocycles. The molecule has 2 saturated heterocycles. The van der Waals surface area contributed by atoms with Crippen LogP contribution in [0.15, 0.2) is 66.7 Å². The van der Waals surface area contributed by atoms with Crippen LogP contribution in [-0.4, -0.2) is 80.6 Å². The zero-order chi connectivity index (χ0) is 26.4. The van der Waals surface area contributed by atoms with Crippen molar-refractivity contribution in [1.82, 2.24) is 14.9 Å². The second kappa shape index (κ2) is 11.9. The van der Waals surface area contributed by atoms with Gasteiger partial charge in [0.2, 0.25) is 5.95 Å². The number of nitrogen functional groups attached to an aromatic ring is 1. The molecule has 3 heterocycles. The van der Waals surface area contributed by atoms with Crippen molar-refractivity contribution in [3.63, 3.8) is 0 Å². The molecule has 2 aliphatic heterocycles. The van der Waals surface area contributed by atoms with Gasteiger partial charge in [-0.25, -0.2) is 4.98 Å². The lowest BCUT2D eigenvalue weighted by atomic mass is 10.0. The molecule has 4 aromatic rings. The molecule has 0 amide bonds. The quantitative estimate of drug-likeness (QED) is 0.351. The summed E-state index contributed by atoms with van der Waals surface area (Å²) in [4.78, 5) is 14.1. The van der Waals surface area contributed by atoms with Gasteiger partial charge in [0.1, 0.15) is 18.2 Å². The standard InChI is InChI=1S/C30H34N6O3/c31-29-27-3-1-2-26(22-4-10-25(11-5-22)39-21-14-35-12-17-37-18-13-35)28(27)33-30(34-29)32-23-6-8-24(9-7-23)36-15-19-38-20-16-36/h1-11H,12-21H2,(H3,31,32,33,34). The summed E-state index contributed by atoms with van der Waals surface area (Å²) in [6, 6.07) is 22.4. The van der Waals surface area contributed by atoms with Gasteiger partial charge in [0, 0.05) is 55.0 Å². The van der Waals surface area contributed by atoms with Crippen LogP contribution < -0.4 is 20.7 Å². The Balaban J connectivity index is 1.17. The van der Waals surface area contributed by atoms with E-state index in [1.54, 1.807) is 0 Å². The van der Waals surface area contributed by atoms with Crippen LogP contribution in [0.2, 0.25) is 0 Å². The van der Waals surface area contributed by atoms with Crippen molar-refractivity contribution in [1.29, 1.82) is 0 Å². The molecule has 9 nitrogen and oxygen atoms in total. The molecule has 3 N–H and O–H groups in total. The monoisotopic (exact) mass is 526 g/mol. The van der Waals surface area contributed by atoms with Gasteiger partial charge in [-0.1, -0.05) is 24.3 Å². The maximum atomic E-state index is 6.38. The minimum absolute atomic E-state index is 0.442. The Morgan fingerprint density at radius 3 is 2.28 bits per heavy atom. The summed E-state index contributed by atoms with van der Waals surface area (Å²) in [6.45, 7) is 8.40. The third kappa shape index (κ3) is 6.06. The summed E-state index contributed by atoms with van der Waals surface area (Å²) >= 11 is 0. The smallest absolute Gasteiger partial charge is 0.229 e. The highest BCUT2D eigenvalue weighted by molar-refractivity contribution is 5.99. The molecule has 39 heavy (non-hydrogen) atoms. The Morgan fingerprint density at radius 1 is 0.821 bits per heavy atom. The molecule has 0 spiro atoms. The number of nitrogens with one attached hydrogen (secondary N) is 1. The summed E-state index contributed by atoms with van der Waals surface area (Å²) in [6.07, 6.45) is 0. The number of benzene rings is 3. The van der Waals surface area contributed by atoms with E-state index < -0.39 is 0 Å². The predicted molar refractivity (Wildman–Crippen MR) is 155 cm³/mol. The number of aromatic nitrogens is 2. The Kier molecular flexibility index (Phi) is 7.71. The second-order valence-corrected chi connectivity index (χ2v) is 9.73. The topological polar surface area (TPSA) is 98.0 Å². The Morgan fingerprint density at radius 2 is 1.54 bits per heavy atom. The van der Waals surface area contributed by atoms with Gasteiger partial charge in [-0.3, -0.25) is 4.90 Å². The summed E-state index contributed by atoms with van der Waals surface area (Å²) in [5.41, 5.74) is 11.3. The van der Waals surface area contributed by atoms with E-state index in [9.17, 15) is 0 Å². The van der Waals surface area contributed by atoms with Crippen LogP contribution in [-0.2, 0) is 9.47 Å². The van der Waals surface area contributed by atoms with Crippen LogP contribution in [0.3, 0.4) is 0 Å². The average Bonchev–Trinajstić information content (AvgIpc) is 2.99. The number of morpholine rings is 2. The largest absolute Gasteiger partial charge is 0.492 e. The summed E-state index contributed by atoms with van der Waals surface area (Å²) < 4.78 is 16.9. The summed E-state index contributed by atoms with van der Waals surface area (Å²) in [5, 5.41) is 4.15. The maximum Gasteiger partial charge on any atom is 0.229 e. The molecule has 0 bridgehead atoms. The SMILES string of the molecule is Nc1nc(Nc2ccc(N3CCOCC3)cc2)nc2c(-c3ccc(OCCN4CCOCC4)cc3)cccc12. The maximum absolute atomic E-state index is 6.38. The van der Waals surface area contributed by atoms with E-state index in [1.807, 2.05) is 36.4 Å². The first kappa shape index (κ1) is 25.4. The average molecular weight is 527 g/mol. The van der Waals surface area contributed by atoms with Crippen LogP contribution >= 0.6 is 0 Å². The highest BCUT2D eigenvalue weighted by Crippen LogP contribution is 2.32. The Bertz CT molecular complexity index is 1380. The minimum Gasteiger partial charge on any atom is -0.492 e. The van der Waals surface area contributed by atoms with Crippen molar-refractivity contribution < 1.29 is 14.2 Å². The van der Waals surface area contributed by atoms with Crippen LogP contribution in [0, 0.1) is 0 Å². The van der Waals surface area contributed by atoms with Crippen molar-refractivity contribution in [2.45, 2.75) is 0 Å². The van der Waals surface area contributed by atoms with Crippen LogP contribution in [0.25, 0.3) is 22.0 Å². The molecule has 6 rings (SSSR count). The van der Waals surface area contributed by atoms with Crippen molar-refractivity contribution in [3.05, 3.63) is 66.7 Å². The van der Waals surface area contributed by atoms with Gasteiger partial charge < -0.3 is 30.2 Å². The highest BCUT2D eigenvalue weighted by Gasteiger charge is 2.14. The molecule has 202 valence electrons. The third-order valence-electron chi connectivity index (χ3n) is 7.20. The van der Waals surface area contributed by atoms with E-state index in [2.05, 4.69) is 50.4 Å². The lowest BCUT2D eigenvalue weighted by Gasteiger charge is -2.28. The summed E-state index contributed by atoms with van der Waals surface area (Å²) in [5.74, 6) is 1.76. The van der Waals surface area contributed by atoms with E-state index in [1.165, 1.54) is 5.69 Å². The summed E-state index contributed by atoms with van der Waals surface area (Å²) in [7, 11) is 0. The van der Waals surface area contributed by atoms with Gasteiger partial charge in [0.05, 0.1) is 31.9 Å². The van der Waals surface area contributed by atoms with Gasteiger partial charge in [-0.15, -0.1) is 0 Å². The van der Waals surface area contributed by atoms with Crippen LogP contribution in [0.4, 0.5) is 23.1 Å². The first-order valence-corrected chi connectivity index (χ1v) is 13.5. The molecular weight excluding hydrogens is 492 g/mol. The van der Waals surface area contributed by atoms with E-state index in [0.717, 1.165) is 92.6 Å². The van der Waals surface area contributed by atoms with Crippen molar-refractivity contribution >= 4 is 34.0 Å². The number of hydrogen-bond acceptors (Lipinski definition) is 9. The molecule has 0 saturated carbocycles. The highest BCUT2D eigenvalue weighted by atomic mass is 16.5. The molecule has 9 heteroatoms. The molecule has 0 radical (unpaired) electrons. The fraction of sp³-hybridized carbons (Fsp3) is 0.333. The first-order chi connectivity index (χ1) is 19.2. The van der Waals surface area contributed by atoms with Crippen molar-refractivity contribution in [2.24, 2.45) is 0 Å². The number of nitrogens with two attached hydrogens (primary N) is 1. The van der Waals surface area contributed by atoms with Gasteiger partial charge >= 0.3 is 0 Å². The lowest BCUT2D eigenvalue weighted by Crippen LogP contribution is -2.38. The zero-order valence-electron chi connectivity index (χ0n) is 22.0. The van der Waals surface area contributed by atoms with Gasteiger partial charge in [-0.05, 0) is 48.0 Å². The normalized spacial score (nSPS) is 16.4.